The molecule has 28 heavy (non-hydrogen) atoms. The van der Waals surface area contributed by atoms with Crippen LogP contribution in [0.25, 0.3) is 11.3 Å². The zero-order chi connectivity index (χ0) is 18.9. The molecular formula is C20H21N5O2S. The van der Waals surface area contributed by atoms with Gasteiger partial charge in [0.25, 0.3) is 5.91 Å². The van der Waals surface area contributed by atoms with Crippen molar-refractivity contribution in [3.05, 3.63) is 40.5 Å². The molecule has 3 heterocycles. The van der Waals surface area contributed by atoms with Crippen LogP contribution >= 0.6 is 11.3 Å². The van der Waals surface area contributed by atoms with Gasteiger partial charge in [0.15, 0.2) is 0 Å². The van der Waals surface area contributed by atoms with Gasteiger partial charge in [0.2, 0.25) is 5.13 Å². The SMILES string of the molecule is O=C(Nc1nnc(C2CCCCC2)s1)c1cc(-c2ccc3c(c2)CCO3)n[nH]1. The summed E-state index contributed by atoms with van der Waals surface area (Å²) in [5, 5.41) is 20.0. The van der Waals surface area contributed by atoms with Crippen LogP contribution in [-0.4, -0.2) is 32.9 Å². The van der Waals surface area contributed by atoms with Gasteiger partial charge in [-0.05, 0) is 42.7 Å². The molecule has 0 atom stereocenters. The summed E-state index contributed by atoms with van der Waals surface area (Å²) in [6.07, 6.45) is 7.03. The molecule has 1 saturated carbocycles. The summed E-state index contributed by atoms with van der Waals surface area (Å²) >= 11 is 1.48. The van der Waals surface area contributed by atoms with Gasteiger partial charge in [0.05, 0.1) is 12.3 Å². The summed E-state index contributed by atoms with van der Waals surface area (Å²) < 4.78 is 5.54. The Hall–Kier alpha value is -2.74. The summed E-state index contributed by atoms with van der Waals surface area (Å²) in [4.78, 5) is 12.6. The Kier molecular flexibility index (Phi) is 4.56. The van der Waals surface area contributed by atoms with E-state index in [0.717, 1.165) is 47.9 Å². The van der Waals surface area contributed by atoms with E-state index in [0.29, 0.717) is 16.7 Å². The van der Waals surface area contributed by atoms with E-state index in [1.54, 1.807) is 6.07 Å². The Labute approximate surface area is 166 Å². The van der Waals surface area contributed by atoms with E-state index >= 15 is 0 Å². The molecule has 2 N–H and O–H groups in total. The van der Waals surface area contributed by atoms with E-state index in [-0.39, 0.29) is 5.91 Å². The third-order valence-corrected chi connectivity index (χ3v) is 6.42. The molecule has 0 unspecified atom stereocenters. The summed E-state index contributed by atoms with van der Waals surface area (Å²) in [7, 11) is 0. The molecule has 144 valence electrons. The van der Waals surface area contributed by atoms with Gasteiger partial charge in [-0.15, -0.1) is 10.2 Å². The molecule has 1 aromatic carbocycles. The highest BCUT2D eigenvalue weighted by atomic mass is 32.1. The Morgan fingerprint density at radius 2 is 2.07 bits per heavy atom. The number of ether oxygens (including phenoxy) is 1. The van der Waals surface area contributed by atoms with Crippen LogP contribution in [0.2, 0.25) is 0 Å². The van der Waals surface area contributed by atoms with Crippen molar-refractivity contribution in [2.24, 2.45) is 0 Å². The lowest BCUT2D eigenvalue weighted by molar-refractivity contribution is 0.102. The van der Waals surface area contributed by atoms with Crippen molar-refractivity contribution in [2.75, 3.05) is 11.9 Å². The molecule has 1 amide bonds. The largest absolute Gasteiger partial charge is 0.493 e. The summed E-state index contributed by atoms with van der Waals surface area (Å²) in [6, 6.07) is 7.75. The number of rotatable bonds is 4. The van der Waals surface area contributed by atoms with Crippen LogP contribution in [0.1, 0.15) is 59.1 Å². The van der Waals surface area contributed by atoms with E-state index in [1.165, 1.54) is 36.2 Å². The van der Waals surface area contributed by atoms with Crippen molar-refractivity contribution in [3.63, 3.8) is 0 Å². The second-order valence-corrected chi connectivity index (χ2v) is 8.33. The van der Waals surface area contributed by atoms with Gasteiger partial charge in [-0.3, -0.25) is 15.2 Å². The zero-order valence-electron chi connectivity index (χ0n) is 15.4. The van der Waals surface area contributed by atoms with Crippen LogP contribution in [0.3, 0.4) is 0 Å². The molecule has 2 aliphatic rings. The van der Waals surface area contributed by atoms with Crippen molar-refractivity contribution >= 4 is 22.4 Å². The quantitative estimate of drug-likeness (QED) is 0.692. The molecule has 1 fully saturated rings. The Balaban J connectivity index is 1.28. The van der Waals surface area contributed by atoms with Gasteiger partial charge in [0.1, 0.15) is 16.5 Å². The zero-order valence-corrected chi connectivity index (χ0v) is 16.2. The highest BCUT2D eigenvalue weighted by Crippen LogP contribution is 2.35. The van der Waals surface area contributed by atoms with Gasteiger partial charge in [-0.2, -0.15) is 5.10 Å². The fourth-order valence-corrected chi connectivity index (χ4v) is 4.80. The van der Waals surface area contributed by atoms with Crippen LogP contribution < -0.4 is 10.1 Å². The van der Waals surface area contributed by atoms with Crippen LogP contribution in [0.5, 0.6) is 5.75 Å². The van der Waals surface area contributed by atoms with Crippen LogP contribution in [0.15, 0.2) is 24.3 Å². The number of H-pyrrole nitrogens is 1. The maximum absolute atomic E-state index is 12.6. The first-order valence-corrected chi connectivity index (χ1v) is 10.5. The third-order valence-electron chi connectivity index (χ3n) is 5.42. The van der Waals surface area contributed by atoms with E-state index in [4.69, 9.17) is 4.74 Å². The Morgan fingerprint density at radius 3 is 2.96 bits per heavy atom. The number of hydrogen-bond donors (Lipinski definition) is 2. The summed E-state index contributed by atoms with van der Waals surface area (Å²) in [5.74, 6) is 1.16. The fraction of sp³-hybridized carbons (Fsp3) is 0.400. The number of carbonyl (C=O) groups is 1. The number of hydrogen-bond acceptors (Lipinski definition) is 6. The fourth-order valence-electron chi connectivity index (χ4n) is 3.90. The topological polar surface area (TPSA) is 92.8 Å². The molecule has 0 bridgehead atoms. The molecule has 0 spiro atoms. The minimum Gasteiger partial charge on any atom is -0.493 e. The number of anilines is 1. The van der Waals surface area contributed by atoms with Crippen molar-refractivity contribution < 1.29 is 9.53 Å². The molecule has 1 aliphatic heterocycles. The molecule has 0 radical (unpaired) electrons. The van der Waals surface area contributed by atoms with E-state index < -0.39 is 0 Å². The van der Waals surface area contributed by atoms with E-state index in [1.807, 2.05) is 12.1 Å². The predicted octanol–water partition coefficient (Wildman–Crippen LogP) is 4.16. The van der Waals surface area contributed by atoms with Crippen LogP contribution in [-0.2, 0) is 6.42 Å². The van der Waals surface area contributed by atoms with Crippen molar-refractivity contribution in [3.8, 4) is 17.0 Å². The minimum absolute atomic E-state index is 0.255. The highest BCUT2D eigenvalue weighted by Gasteiger charge is 2.21. The normalized spacial score (nSPS) is 16.6. The Morgan fingerprint density at radius 1 is 1.18 bits per heavy atom. The average molecular weight is 395 g/mol. The van der Waals surface area contributed by atoms with Crippen molar-refractivity contribution in [1.29, 1.82) is 0 Å². The first kappa shape index (κ1) is 17.4. The number of aromatic nitrogens is 4. The van der Waals surface area contributed by atoms with Crippen molar-refractivity contribution in [2.45, 2.75) is 44.4 Å². The molecule has 2 aromatic heterocycles. The van der Waals surface area contributed by atoms with Gasteiger partial charge >= 0.3 is 0 Å². The smallest absolute Gasteiger partial charge is 0.275 e. The van der Waals surface area contributed by atoms with Crippen LogP contribution in [0.4, 0.5) is 5.13 Å². The number of benzene rings is 1. The van der Waals surface area contributed by atoms with Gasteiger partial charge in [-0.25, -0.2) is 0 Å². The molecule has 1 aliphatic carbocycles. The molecule has 3 aromatic rings. The maximum Gasteiger partial charge on any atom is 0.275 e. The molecule has 0 saturated heterocycles. The van der Waals surface area contributed by atoms with Crippen molar-refractivity contribution in [1.82, 2.24) is 20.4 Å². The molecule has 7 nitrogen and oxygen atoms in total. The number of fused-ring (bicyclic) bond motifs is 1. The number of carbonyl (C=O) groups excluding carboxylic acids is 1. The third kappa shape index (κ3) is 3.40. The number of amides is 1. The summed E-state index contributed by atoms with van der Waals surface area (Å²) in [6.45, 7) is 0.720. The monoisotopic (exact) mass is 395 g/mol. The maximum atomic E-state index is 12.6. The van der Waals surface area contributed by atoms with Crippen LogP contribution in [0, 0.1) is 0 Å². The lowest BCUT2D eigenvalue weighted by Crippen LogP contribution is -2.12. The molecule has 5 rings (SSSR count). The first-order valence-electron chi connectivity index (χ1n) is 9.72. The second-order valence-electron chi connectivity index (χ2n) is 7.32. The van der Waals surface area contributed by atoms with Gasteiger partial charge in [0, 0.05) is 17.9 Å². The van der Waals surface area contributed by atoms with Gasteiger partial charge < -0.3 is 4.74 Å². The standard InChI is InChI=1S/C20H21N5O2S/c26-18(21-20-25-24-19(28-20)12-4-2-1-3-5-12)16-11-15(22-23-16)13-6-7-17-14(10-13)8-9-27-17/h6-7,10-12H,1-5,8-9H2,(H,22,23)(H,21,25,26). The van der Waals surface area contributed by atoms with Gasteiger partial charge in [-0.1, -0.05) is 30.6 Å². The highest BCUT2D eigenvalue weighted by molar-refractivity contribution is 7.15. The molecule has 8 heteroatoms. The summed E-state index contributed by atoms with van der Waals surface area (Å²) in [5.41, 5.74) is 3.28. The lowest BCUT2D eigenvalue weighted by atomic mass is 9.90. The first-order chi connectivity index (χ1) is 13.8. The molecular weight excluding hydrogens is 374 g/mol. The number of nitrogens with one attached hydrogen (secondary N) is 2. The number of nitrogens with zero attached hydrogens (tertiary/aromatic N) is 3. The minimum atomic E-state index is -0.255. The van der Waals surface area contributed by atoms with E-state index in [2.05, 4.69) is 31.8 Å². The Bertz CT molecular complexity index is 1010. The number of aromatic amines is 1. The second kappa shape index (κ2) is 7.35. The predicted molar refractivity (Wildman–Crippen MR) is 107 cm³/mol. The average Bonchev–Trinajstić information content (AvgIpc) is 3.48. The van der Waals surface area contributed by atoms with E-state index in [9.17, 15) is 4.79 Å². The lowest BCUT2D eigenvalue weighted by Gasteiger charge is -2.18.